The number of halogens is 3. The first-order chi connectivity index (χ1) is 15.2. The quantitative estimate of drug-likeness (QED) is 0.593. The second kappa shape index (κ2) is 10.5. The summed E-state index contributed by atoms with van der Waals surface area (Å²) in [5.41, 5.74) is 1.11. The normalized spacial score (nSPS) is 13.4. The number of hydrogen-bond donors (Lipinski definition) is 2. The van der Waals surface area contributed by atoms with Crippen molar-refractivity contribution in [3.63, 3.8) is 0 Å². The predicted molar refractivity (Wildman–Crippen MR) is 112 cm³/mol. The van der Waals surface area contributed by atoms with Gasteiger partial charge in [0.05, 0.1) is 0 Å². The van der Waals surface area contributed by atoms with Gasteiger partial charge in [0.1, 0.15) is 10.8 Å². The minimum atomic E-state index is -4.62. The van der Waals surface area contributed by atoms with Gasteiger partial charge in [-0.15, -0.1) is 11.3 Å². The Hall–Kier alpha value is -3.05. The molecule has 1 amide bonds. The summed E-state index contributed by atoms with van der Waals surface area (Å²) in [4.78, 5) is 24.0. The molecule has 0 atom stereocenters. The number of hydrogen-bond acceptors (Lipinski definition) is 7. The van der Waals surface area contributed by atoms with Crippen LogP contribution in [0.15, 0.2) is 36.8 Å². The number of nitrogens with zero attached hydrogens (tertiary/aromatic N) is 3. The summed E-state index contributed by atoms with van der Waals surface area (Å²) in [7, 11) is 0. The second-order valence-corrected chi connectivity index (χ2v) is 8.19. The van der Waals surface area contributed by atoms with Gasteiger partial charge in [0.2, 0.25) is 5.82 Å². The number of thiazole rings is 1. The number of nitrogens with one attached hydrogen (secondary N) is 1. The number of carbonyl (C=O) groups excluding carboxylic acids is 1. The van der Waals surface area contributed by atoms with E-state index in [4.69, 9.17) is 4.74 Å². The summed E-state index contributed by atoms with van der Waals surface area (Å²) in [5, 5.41) is 13.1. The maximum Gasteiger partial charge on any atom is 0.451 e. The molecule has 0 unspecified atom stereocenters. The Balaban J connectivity index is 0.000000509. The number of phenolic OH excluding ortho intramolecular Hbond substituents is 1. The van der Waals surface area contributed by atoms with Crippen LogP contribution in [-0.2, 0) is 17.5 Å². The lowest BCUT2D eigenvalue weighted by atomic mass is 10.1. The molecule has 0 saturated carbocycles. The van der Waals surface area contributed by atoms with E-state index in [9.17, 15) is 23.1 Å². The van der Waals surface area contributed by atoms with Gasteiger partial charge in [-0.25, -0.2) is 15.0 Å². The van der Waals surface area contributed by atoms with Gasteiger partial charge in [-0.3, -0.25) is 4.79 Å². The Morgan fingerprint density at radius 2 is 1.81 bits per heavy atom. The molecule has 3 aromatic rings. The molecular formula is C21H21F3N4O3S. The molecule has 1 fully saturated rings. The maximum absolute atomic E-state index is 12.4. The van der Waals surface area contributed by atoms with Gasteiger partial charge in [-0.05, 0) is 38.0 Å². The molecule has 1 aliphatic rings. The fourth-order valence-electron chi connectivity index (χ4n) is 2.74. The molecule has 32 heavy (non-hydrogen) atoms. The molecule has 3 heterocycles. The minimum Gasteiger partial charge on any atom is -0.508 e. The van der Waals surface area contributed by atoms with E-state index in [2.05, 4.69) is 20.3 Å². The standard InChI is InChI=1S/C17H13F3N4O2S.C4H8O/c1-9-5-22-15(27-9)12-2-11(3-13(25)4-12)14(26)21-6-10-7-23-16(24-8-10)17(18,19)20;1-2-4-5-3-1/h2-5,7-8,25H,6H2,1H3,(H,21,26);1-4H2. The van der Waals surface area contributed by atoms with Crippen LogP contribution in [0.4, 0.5) is 13.2 Å². The third kappa shape index (κ3) is 6.72. The number of aromatic hydroxyl groups is 1. The average molecular weight is 466 g/mol. The van der Waals surface area contributed by atoms with Crippen LogP contribution in [0.5, 0.6) is 5.75 Å². The van der Waals surface area contributed by atoms with Crippen molar-refractivity contribution in [1.82, 2.24) is 20.3 Å². The zero-order valence-electron chi connectivity index (χ0n) is 17.1. The van der Waals surface area contributed by atoms with Crippen molar-refractivity contribution >= 4 is 17.2 Å². The number of rotatable bonds is 4. The highest BCUT2D eigenvalue weighted by molar-refractivity contribution is 7.14. The molecule has 0 radical (unpaired) electrons. The summed E-state index contributed by atoms with van der Waals surface area (Å²) in [6.45, 7) is 3.84. The van der Waals surface area contributed by atoms with Gasteiger partial charge in [0, 0.05) is 59.9 Å². The van der Waals surface area contributed by atoms with Crippen LogP contribution >= 0.6 is 11.3 Å². The molecule has 0 bridgehead atoms. The number of ether oxygens (including phenoxy) is 1. The zero-order valence-corrected chi connectivity index (χ0v) is 18.0. The van der Waals surface area contributed by atoms with E-state index in [1.807, 2.05) is 6.92 Å². The number of alkyl halides is 3. The summed E-state index contributed by atoms with van der Waals surface area (Å²) < 4.78 is 42.3. The predicted octanol–water partition coefficient (Wildman–Crippen LogP) is 4.36. The lowest BCUT2D eigenvalue weighted by Gasteiger charge is -2.08. The number of carbonyl (C=O) groups is 1. The number of aromatic nitrogens is 3. The van der Waals surface area contributed by atoms with Gasteiger partial charge in [-0.2, -0.15) is 13.2 Å². The third-order valence-corrected chi connectivity index (χ3v) is 5.25. The highest BCUT2D eigenvalue weighted by atomic mass is 32.1. The van der Waals surface area contributed by atoms with E-state index in [1.165, 1.54) is 36.3 Å². The summed E-state index contributed by atoms with van der Waals surface area (Å²) in [6, 6.07) is 4.37. The van der Waals surface area contributed by atoms with Gasteiger partial charge in [0.15, 0.2) is 0 Å². The largest absolute Gasteiger partial charge is 0.508 e. The molecule has 0 aliphatic carbocycles. The van der Waals surface area contributed by atoms with Crippen LogP contribution in [0.25, 0.3) is 10.6 Å². The maximum atomic E-state index is 12.4. The average Bonchev–Trinajstić information content (AvgIpc) is 3.46. The highest BCUT2D eigenvalue weighted by Gasteiger charge is 2.34. The molecule has 11 heteroatoms. The van der Waals surface area contributed by atoms with E-state index >= 15 is 0 Å². The Morgan fingerprint density at radius 3 is 2.34 bits per heavy atom. The first kappa shape index (κ1) is 23.6. The summed E-state index contributed by atoms with van der Waals surface area (Å²) in [5.74, 6) is -1.84. The smallest absolute Gasteiger partial charge is 0.451 e. The van der Waals surface area contributed by atoms with Gasteiger partial charge >= 0.3 is 6.18 Å². The molecule has 2 N–H and O–H groups in total. The molecule has 1 saturated heterocycles. The Labute approximate surface area is 186 Å². The summed E-state index contributed by atoms with van der Waals surface area (Å²) >= 11 is 1.42. The number of amides is 1. The fraction of sp³-hybridized carbons (Fsp3) is 0.333. The van der Waals surface area contributed by atoms with Crippen LogP contribution < -0.4 is 5.32 Å². The monoisotopic (exact) mass is 466 g/mol. The van der Waals surface area contributed by atoms with Crippen LogP contribution in [0.1, 0.15) is 39.5 Å². The second-order valence-electron chi connectivity index (χ2n) is 6.96. The van der Waals surface area contributed by atoms with Crippen LogP contribution in [0, 0.1) is 6.92 Å². The Morgan fingerprint density at radius 1 is 1.12 bits per heavy atom. The van der Waals surface area contributed by atoms with E-state index < -0.39 is 17.9 Å². The topological polar surface area (TPSA) is 97.2 Å². The van der Waals surface area contributed by atoms with E-state index in [1.54, 1.807) is 12.3 Å². The van der Waals surface area contributed by atoms with E-state index in [-0.39, 0.29) is 17.9 Å². The lowest BCUT2D eigenvalue weighted by Crippen LogP contribution is -2.23. The lowest BCUT2D eigenvalue weighted by molar-refractivity contribution is -0.145. The van der Waals surface area contributed by atoms with Gasteiger partial charge < -0.3 is 15.2 Å². The molecule has 2 aromatic heterocycles. The molecule has 170 valence electrons. The Bertz CT molecular complexity index is 1040. The minimum absolute atomic E-state index is 0.0572. The number of benzene rings is 1. The molecule has 7 nitrogen and oxygen atoms in total. The molecule has 1 aromatic carbocycles. The first-order valence-electron chi connectivity index (χ1n) is 9.73. The molecule has 4 rings (SSSR count). The van der Waals surface area contributed by atoms with Crippen LogP contribution in [-0.4, -0.2) is 39.2 Å². The number of phenols is 1. The molecular weight excluding hydrogens is 445 g/mol. The third-order valence-electron chi connectivity index (χ3n) is 4.29. The van der Waals surface area contributed by atoms with Crippen molar-refractivity contribution in [2.75, 3.05) is 13.2 Å². The zero-order chi connectivity index (χ0) is 23.1. The van der Waals surface area contributed by atoms with Crippen LogP contribution in [0.2, 0.25) is 0 Å². The van der Waals surface area contributed by atoms with Crippen molar-refractivity contribution < 1.29 is 27.8 Å². The molecule has 1 aliphatic heterocycles. The Kier molecular flexibility index (Phi) is 7.75. The van der Waals surface area contributed by atoms with Crippen LogP contribution in [0.3, 0.4) is 0 Å². The van der Waals surface area contributed by atoms with E-state index in [0.717, 1.165) is 30.5 Å². The van der Waals surface area contributed by atoms with Crippen molar-refractivity contribution in [2.45, 2.75) is 32.5 Å². The van der Waals surface area contributed by atoms with Crippen molar-refractivity contribution in [2.24, 2.45) is 0 Å². The fourth-order valence-corrected chi connectivity index (χ4v) is 3.49. The van der Waals surface area contributed by atoms with Gasteiger partial charge in [0.25, 0.3) is 5.91 Å². The van der Waals surface area contributed by atoms with Gasteiger partial charge in [-0.1, -0.05) is 0 Å². The highest BCUT2D eigenvalue weighted by Crippen LogP contribution is 2.29. The SMILES string of the molecule is C1CCOC1.Cc1cnc(-c2cc(O)cc(C(=O)NCc3cnc(C(F)(F)F)nc3)c2)s1. The van der Waals surface area contributed by atoms with E-state index in [0.29, 0.717) is 16.1 Å². The van der Waals surface area contributed by atoms with Crippen molar-refractivity contribution in [1.29, 1.82) is 0 Å². The number of aryl methyl sites for hydroxylation is 1. The first-order valence-corrected chi connectivity index (χ1v) is 10.5. The van der Waals surface area contributed by atoms with Crippen molar-refractivity contribution in [3.8, 4) is 16.3 Å². The molecule has 0 spiro atoms. The van der Waals surface area contributed by atoms with Crippen molar-refractivity contribution in [3.05, 3.63) is 58.6 Å². The summed E-state index contributed by atoms with van der Waals surface area (Å²) in [6.07, 6.45) is 1.63.